The van der Waals surface area contributed by atoms with Crippen LogP contribution in [-0.2, 0) is 0 Å². The van der Waals surface area contributed by atoms with Crippen LogP contribution in [0.25, 0.3) is 5.70 Å². The summed E-state index contributed by atoms with van der Waals surface area (Å²) in [4.78, 5) is 0. The maximum atomic E-state index is 8.97. The molecule has 0 heterocycles. The number of allylic oxidation sites excluding steroid dienone is 1. The quantitative estimate of drug-likeness (QED) is 0.762. The van der Waals surface area contributed by atoms with Crippen molar-refractivity contribution < 1.29 is 0 Å². The van der Waals surface area contributed by atoms with Crippen LogP contribution in [0.15, 0.2) is 29.8 Å². The van der Waals surface area contributed by atoms with Gasteiger partial charge in [0.1, 0.15) is 0 Å². The molecule has 0 amide bonds. The molecule has 0 saturated heterocycles. The van der Waals surface area contributed by atoms with Crippen LogP contribution < -0.4 is 5.73 Å². The van der Waals surface area contributed by atoms with Crippen LogP contribution in [0.3, 0.4) is 0 Å². The molecule has 0 radical (unpaired) electrons. The lowest BCUT2D eigenvalue weighted by molar-refractivity contribution is 0.929. The van der Waals surface area contributed by atoms with Crippen LogP contribution in [0, 0.1) is 18.3 Å². The number of nitrogens with zero attached hydrogens (tertiary/aromatic N) is 1. The summed E-state index contributed by atoms with van der Waals surface area (Å²) in [6.07, 6.45) is 1.69. The summed E-state index contributed by atoms with van der Waals surface area (Å²) < 4.78 is 0. The molecule has 0 aliphatic rings. The van der Waals surface area contributed by atoms with Gasteiger partial charge < -0.3 is 5.73 Å². The van der Waals surface area contributed by atoms with E-state index in [1.165, 1.54) is 0 Å². The lowest BCUT2D eigenvalue weighted by atomic mass is 10.0. The van der Waals surface area contributed by atoms with E-state index in [0.29, 0.717) is 11.3 Å². The van der Waals surface area contributed by atoms with Crippen molar-refractivity contribution in [2.24, 2.45) is 5.73 Å². The second kappa shape index (κ2) is 5.21. The normalized spacial score (nSPS) is 11.8. The standard InChI is InChI=1S/C13H16N2/c1-3-5-12(9-14)13(15)11-7-4-6-10(2)8-11/h4,6-8H,3,5,15H2,1-2H3/b13-12-. The molecule has 1 rings (SSSR count). The summed E-state index contributed by atoms with van der Waals surface area (Å²) in [5, 5.41) is 8.97. The van der Waals surface area contributed by atoms with Gasteiger partial charge in [-0.15, -0.1) is 0 Å². The van der Waals surface area contributed by atoms with E-state index >= 15 is 0 Å². The highest BCUT2D eigenvalue weighted by Gasteiger charge is 2.04. The van der Waals surface area contributed by atoms with Gasteiger partial charge >= 0.3 is 0 Å². The summed E-state index contributed by atoms with van der Waals surface area (Å²) in [7, 11) is 0. The van der Waals surface area contributed by atoms with E-state index in [9.17, 15) is 0 Å². The third kappa shape index (κ3) is 2.85. The van der Waals surface area contributed by atoms with Gasteiger partial charge in [0.2, 0.25) is 0 Å². The fourth-order valence-corrected chi connectivity index (χ4v) is 1.49. The predicted octanol–water partition coefficient (Wildman–Crippen LogP) is 2.99. The van der Waals surface area contributed by atoms with Crippen LogP contribution in [0.4, 0.5) is 0 Å². The Morgan fingerprint density at radius 3 is 2.73 bits per heavy atom. The molecule has 0 aliphatic carbocycles. The number of hydrogen-bond donors (Lipinski definition) is 1. The number of benzene rings is 1. The summed E-state index contributed by atoms with van der Waals surface area (Å²) in [5.74, 6) is 0. The number of rotatable bonds is 3. The molecule has 1 aromatic rings. The minimum atomic E-state index is 0.614. The Kier molecular flexibility index (Phi) is 3.93. The van der Waals surface area contributed by atoms with Crippen molar-refractivity contribution in [1.29, 1.82) is 5.26 Å². The zero-order valence-electron chi connectivity index (χ0n) is 9.25. The number of hydrogen-bond acceptors (Lipinski definition) is 2. The molecule has 15 heavy (non-hydrogen) atoms. The van der Waals surface area contributed by atoms with E-state index in [0.717, 1.165) is 24.0 Å². The molecule has 0 saturated carbocycles. The van der Waals surface area contributed by atoms with E-state index in [1.54, 1.807) is 0 Å². The third-order valence-corrected chi connectivity index (χ3v) is 2.29. The van der Waals surface area contributed by atoms with Gasteiger partial charge in [-0.25, -0.2) is 0 Å². The molecule has 0 aromatic heterocycles. The van der Waals surface area contributed by atoms with Gasteiger partial charge in [0, 0.05) is 0 Å². The van der Waals surface area contributed by atoms with E-state index in [2.05, 4.69) is 6.07 Å². The first-order chi connectivity index (χ1) is 7.19. The Hall–Kier alpha value is -1.75. The van der Waals surface area contributed by atoms with Crippen molar-refractivity contribution in [1.82, 2.24) is 0 Å². The van der Waals surface area contributed by atoms with Gasteiger partial charge in [-0.3, -0.25) is 0 Å². The maximum Gasteiger partial charge on any atom is 0.0968 e. The van der Waals surface area contributed by atoms with Crippen molar-refractivity contribution in [3.8, 4) is 6.07 Å². The highest BCUT2D eigenvalue weighted by Crippen LogP contribution is 2.17. The fourth-order valence-electron chi connectivity index (χ4n) is 1.49. The smallest absolute Gasteiger partial charge is 0.0968 e. The van der Waals surface area contributed by atoms with Crippen LogP contribution in [0.1, 0.15) is 30.9 Å². The Morgan fingerprint density at radius 1 is 1.47 bits per heavy atom. The first-order valence-corrected chi connectivity index (χ1v) is 5.14. The van der Waals surface area contributed by atoms with Crippen LogP contribution in [-0.4, -0.2) is 0 Å². The molecule has 1 aromatic carbocycles. The molecule has 0 fully saturated rings. The minimum absolute atomic E-state index is 0.614. The minimum Gasteiger partial charge on any atom is -0.397 e. The second-order valence-corrected chi connectivity index (χ2v) is 3.62. The fraction of sp³-hybridized carbons (Fsp3) is 0.308. The van der Waals surface area contributed by atoms with Crippen molar-refractivity contribution in [3.63, 3.8) is 0 Å². The highest BCUT2D eigenvalue weighted by atomic mass is 14.6. The molecular weight excluding hydrogens is 184 g/mol. The second-order valence-electron chi connectivity index (χ2n) is 3.62. The van der Waals surface area contributed by atoms with Crippen molar-refractivity contribution in [2.45, 2.75) is 26.7 Å². The Balaban J connectivity index is 3.11. The average Bonchev–Trinajstić information content (AvgIpc) is 2.25. The van der Waals surface area contributed by atoms with Gasteiger partial charge in [-0.05, 0) is 25.0 Å². The molecule has 2 N–H and O–H groups in total. The van der Waals surface area contributed by atoms with Crippen molar-refractivity contribution in [2.75, 3.05) is 0 Å². The number of nitriles is 1. The Morgan fingerprint density at radius 2 is 2.20 bits per heavy atom. The molecule has 2 nitrogen and oxygen atoms in total. The molecule has 0 spiro atoms. The lowest BCUT2D eigenvalue weighted by Gasteiger charge is -2.05. The molecule has 0 aliphatic heterocycles. The molecular formula is C13H16N2. The molecule has 0 unspecified atom stereocenters. The predicted molar refractivity (Wildman–Crippen MR) is 62.8 cm³/mol. The molecule has 0 atom stereocenters. The Bertz CT molecular complexity index is 411. The van der Waals surface area contributed by atoms with E-state index in [1.807, 2.05) is 38.1 Å². The largest absolute Gasteiger partial charge is 0.397 e. The number of nitrogens with two attached hydrogens (primary N) is 1. The zero-order valence-corrected chi connectivity index (χ0v) is 9.25. The van der Waals surface area contributed by atoms with Gasteiger partial charge in [0.25, 0.3) is 0 Å². The zero-order chi connectivity index (χ0) is 11.3. The molecule has 78 valence electrons. The summed E-state index contributed by atoms with van der Waals surface area (Å²) in [6, 6.07) is 10.1. The maximum absolute atomic E-state index is 8.97. The molecule has 2 heteroatoms. The summed E-state index contributed by atoms with van der Waals surface area (Å²) in [5.41, 5.74) is 9.36. The number of aryl methyl sites for hydroxylation is 1. The average molecular weight is 200 g/mol. The monoisotopic (exact) mass is 200 g/mol. The summed E-state index contributed by atoms with van der Waals surface area (Å²) >= 11 is 0. The van der Waals surface area contributed by atoms with Crippen molar-refractivity contribution >= 4 is 5.70 Å². The third-order valence-electron chi connectivity index (χ3n) is 2.29. The van der Waals surface area contributed by atoms with E-state index in [4.69, 9.17) is 11.0 Å². The lowest BCUT2D eigenvalue weighted by Crippen LogP contribution is -2.01. The van der Waals surface area contributed by atoms with Crippen LogP contribution in [0.5, 0.6) is 0 Å². The van der Waals surface area contributed by atoms with Gasteiger partial charge in [0.15, 0.2) is 0 Å². The van der Waals surface area contributed by atoms with Crippen LogP contribution in [0.2, 0.25) is 0 Å². The van der Waals surface area contributed by atoms with Gasteiger partial charge in [0.05, 0.1) is 17.3 Å². The summed E-state index contributed by atoms with van der Waals surface area (Å²) in [6.45, 7) is 4.06. The topological polar surface area (TPSA) is 49.8 Å². The van der Waals surface area contributed by atoms with Crippen LogP contribution >= 0.6 is 0 Å². The van der Waals surface area contributed by atoms with E-state index < -0.39 is 0 Å². The first-order valence-electron chi connectivity index (χ1n) is 5.14. The molecule has 0 bridgehead atoms. The highest BCUT2D eigenvalue weighted by molar-refractivity contribution is 5.69. The SMILES string of the molecule is CCC/C(C#N)=C(/N)c1cccc(C)c1. The van der Waals surface area contributed by atoms with Gasteiger partial charge in [-0.1, -0.05) is 37.1 Å². The first kappa shape index (κ1) is 11.3. The Labute approximate surface area is 91.0 Å². The van der Waals surface area contributed by atoms with Gasteiger partial charge in [-0.2, -0.15) is 5.26 Å². The van der Waals surface area contributed by atoms with E-state index in [-0.39, 0.29) is 0 Å². The van der Waals surface area contributed by atoms with Crippen molar-refractivity contribution in [3.05, 3.63) is 41.0 Å².